The normalized spacial score (nSPS) is 16.0. The van der Waals surface area contributed by atoms with Gasteiger partial charge in [-0.2, -0.15) is 0 Å². The molecule has 1 fully saturated rings. The van der Waals surface area contributed by atoms with E-state index in [9.17, 15) is 0 Å². The van der Waals surface area contributed by atoms with Crippen LogP contribution in [0.4, 0.5) is 5.82 Å². The average molecular weight is 301 g/mol. The summed E-state index contributed by atoms with van der Waals surface area (Å²) in [6.45, 7) is 0.843. The highest BCUT2D eigenvalue weighted by atomic mass is 35.5. The van der Waals surface area contributed by atoms with Crippen LogP contribution in [0.15, 0.2) is 36.4 Å². The van der Waals surface area contributed by atoms with Gasteiger partial charge < -0.3 is 5.32 Å². The van der Waals surface area contributed by atoms with Crippen molar-refractivity contribution in [2.45, 2.75) is 18.3 Å². The SMILES string of the molecule is Clc1ccc(C2(CNc3ccc4nnnn4n3)CC2)cc1. The van der Waals surface area contributed by atoms with Crippen LogP contribution in [0, 0.1) is 0 Å². The smallest absolute Gasteiger partial charge is 0.200 e. The number of rotatable bonds is 4. The molecule has 1 N–H and O–H groups in total. The molecule has 0 bridgehead atoms. The fourth-order valence-corrected chi connectivity index (χ4v) is 2.65. The largest absolute Gasteiger partial charge is 0.368 e. The highest BCUT2D eigenvalue weighted by molar-refractivity contribution is 6.30. The van der Waals surface area contributed by atoms with Crippen LogP contribution in [0.3, 0.4) is 0 Å². The van der Waals surface area contributed by atoms with Gasteiger partial charge in [0.25, 0.3) is 0 Å². The lowest BCUT2D eigenvalue weighted by molar-refractivity contribution is 0.709. The number of benzene rings is 1. The second kappa shape index (κ2) is 4.66. The maximum Gasteiger partial charge on any atom is 0.200 e. The Morgan fingerprint density at radius 2 is 1.95 bits per heavy atom. The second-order valence-corrected chi connectivity index (χ2v) is 5.82. The maximum absolute atomic E-state index is 5.95. The molecular weight excluding hydrogens is 288 g/mol. The third-order valence-electron chi connectivity index (χ3n) is 3.99. The number of hydrogen-bond donors (Lipinski definition) is 1. The van der Waals surface area contributed by atoms with Gasteiger partial charge >= 0.3 is 0 Å². The highest BCUT2D eigenvalue weighted by Crippen LogP contribution is 2.48. The number of nitrogens with one attached hydrogen (secondary N) is 1. The molecule has 0 unspecified atom stereocenters. The molecule has 2 heterocycles. The maximum atomic E-state index is 5.95. The molecule has 0 radical (unpaired) electrons. The summed E-state index contributed by atoms with van der Waals surface area (Å²) in [5.74, 6) is 0.773. The van der Waals surface area contributed by atoms with Crippen molar-refractivity contribution in [2.24, 2.45) is 0 Å². The van der Waals surface area contributed by atoms with Crippen LogP contribution in [0.25, 0.3) is 5.65 Å². The Morgan fingerprint density at radius 1 is 1.14 bits per heavy atom. The molecule has 0 spiro atoms. The third kappa shape index (κ3) is 2.31. The first kappa shape index (κ1) is 12.5. The van der Waals surface area contributed by atoms with E-state index in [1.165, 1.54) is 23.0 Å². The first-order valence-electron chi connectivity index (χ1n) is 6.81. The summed E-state index contributed by atoms with van der Waals surface area (Å²) in [5.41, 5.74) is 2.16. The van der Waals surface area contributed by atoms with Crippen molar-refractivity contribution in [3.63, 3.8) is 0 Å². The van der Waals surface area contributed by atoms with Gasteiger partial charge in [0.1, 0.15) is 5.82 Å². The molecule has 6 nitrogen and oxygen atoms in total. The second-order valence-electron chi connectivity index (χ2n) is 5.39. The Labute approximate surface area is 126 Å². The van der Waals surface area contributed by atoms with Crippen LogP contribution in [0.5, 0.6) is 0 Å². The first-order chi connectivity index (χ1) is 10.3. The summed E-state index contributed by atoms with van der Waals surface area (Å²) in [4.78, 5) is 0. The quantitative estimate of drug-likeness (QED) is 0.801. The van der Waals surface area contributed by atoms with E-state index in [1.54, 1.807) is 0 Å². The van der Waals surface area contributed by atoms with Crippen LogP contribution in [0.1, 0.15) is 18.4 Å². The number of aromatic nitrogens is 5. The molecule has 3 aromatic rings. The molecule has 0 saturated heterocycles. The minimum atomic E-state index is 0.196. The van der Waals surface area contributed by atoms with Crippen molar-refractivity contribution in [3.8, 4) is 0 Å². The Bertz CT molecular complexity index is 778. The van der Waals surface area contributed by atoms with Gasteiger partial charge in [-0.3, -0.25) is 0 Å². The molecule has 0 aliphatic heterocycles. The van der Waals surface area contributed by atoms with Gasteiger partial charge in [0.2, 0.25) is 0 Å². The lowest BCUT2D eigenvalue weighted by Crippen LogP contribution is -2.20. The summed E-state index contributed by atoms with van der Waals surface area (Å²) in [6, 6.07) is 11.8. The Kier molecular flexibility index (Phi) is 2.78. The van der Waals surface area contributed by atoms with E-state index in [4.69, 9.17) is 11.6 Å². The molecule has 21 heavy (non-hydrogen) atoms. The number of anilines is 1. The van der Waals surface area contributed by atoms with Crippen molar-refractivity contribution in [1.82, 2.24) is 25.3 Å². The Hall–Kier alpha value is -2.21. The lowest BCUT2D eigenvalue weighted by Gasteiger charge is -2.17. The van der Waals surface area contributed by atoms with Crippen LogP contribution >= 0.6 is 11.6 Å². The minimum Gasteiger partial charge on any atom is -0.368 e. The zero-order valence-corrected chi connectivity index (χ0v) is 12.0. The number of tetrazole rings is 1. The van der Waals surface area contributed by atoms with E-state index < -0.39 is 0 Å². The average Bonchev–Trinajstić information content (AvgIpc) is 3.15. The monoisotopic (exact) mass is 300 g/mol. The van der Waals surface area contributed by atoms with Crippen molar-refractivity contribution in [1.29, 1.82) is 0 Å². The van der Waals surface area contributed by atoms with E-state index in [0.717, 1.165) is 17.4 Å². The molecule has 0 atom stereocenters. The molecule has 4 rings (SSSR count). The molecule has 1 aliphatic rings. The molecule has 106 valence electrons. The van der Waals surface area contributed by atoms with E-state index in [0.29, 0.717) is 5.65 Å². The van der Waals surface area contributed by atoms with Gasteiger partial charge in [0, 0.05) is 17.0 Å². The summed E-state index contributed by atoms with van der Waals surface area (Å²) >= 11 is 5.95. The van der Waals surface area contributed by atoms with Gasteiger partial charge in [-0.25, -0.2) is 0 Å². The van der Waals surface area contributed by atoms with E-state index in [2.05, 4.69) is 38.1 Å². The number of nitrogens with zero attached hydrogens (tertiary/aromatic N) is 5. The number of halogens is 1. The molecule has 1 saturated carbocycles. The molecule has 1 aliphatic carbocycles. The van der Waals surface area contributed by atoms with Gasteiger partial charge in [-0.05, 0) is 53.1 Å². The van der Waals surface area contributed by atoms with E-state index in [-0.39, 0.29) is 5.41 Å². The predicted octanol–water partition coefficient (Wildman–Crippen LogP) is 2.32. The molecular formula is C14H13ClN6. The highest BCUT2D eigenvalue weighted by Gasteiger charge is 2.43. The van der Waals surface area contributed by atoms with Crippen LogP contribution in [-0.2, 0) is 5.41 Å². The van der Waals surface area contributed by atoms with Crippen molar-refractivity contribution in [2.75, 3.05) is 11.9 Å². The van der Waals surface area contributed by atoms with Gasteiger partial charge in [-0.1, -0.05) is 23.7 Å². The lowest BCUT2D eigenvalue weighted by atomic mass is 9.96. The number of fused-ring (bicyclic) bond motifs is 1. The topological polar surface area (TPSA) is 68.0 Å². The summed E-state index contributed by atoms with van der Waals surface area (Å²) in [6.07, 6.45) is 2.35. The van der Waals surface area contributed by atoms with Crippen molar-refractivity contribution < 1.29 is 0 Å². The molecule has 2 aromatic heterocycles. The van der Waals surface area contributed by atoms with Crippen LogP contribution < -0.4 is 5.32 Å². The fraction of sp³-hybridized carbons (Fsp3) is 0.286. The summed E-state index contributed by atoms with van der Waals surface area (Å²) in [7, 11) is 0. The summed E-state index contributed by atoms with van der Waals surface area (Å²) in [5, 5.41) is 19.7. The molecule has 0 amide bonds. The Balaban J connectivity index is 1.52. The summed E-state index contributed by atoms with van der Waals surface area (Å²) < 4.78 is 1.42. The van der Waals surface area contributed by atoms with Gasteiger partial charge in [-0.15, -0.1) is 14.8 Å². The molecule has 1 aromatic carbocycles. The Morgan fingerprint density at radius 3 is 2.71 bits per heavy atom. The predicted molar refractivity (Wildman–Crippen MR) is 79.4 cm³/mol. The fourth-order valence-electron chi connectivity index (χ4n) is 2.53. The standard InChI is InChI=1S/C14H13ClN6/c15-11-3-1-10(2-4-11)14(7-8-14)9-16-12-5-6-13-17-19-20-21(13)18-12/h1-6H,7-9H2,(H,16,18). The minimum absolute atomic E-state index is 0.196. The molecule has 7 heteroatoms. The van der Waals surface area contributed by atoms with Gasteiger partial charge in [0.15, 0.2) is 5.65 Å². The van der Waals surface area contributed by atoms with Crippen LogP contribution in [-0.4, -0.2) is 31.8 Å². The van der Waals surface area contributed by atoms with Crippen molar-refractivity contribution >= 4 is 23.1 Å². The van der Waals surface area contributed by atoms with Crippen molar-refractivity contribution in [3.05, 3.63) is 47.0 Å². The zero-order valence-electron chi connectivity index (χ0n) is 11.2. The van der Waals surface area contributed by atoms with Gasteiger partial charge in [0.05, 0.1) is 0 Å². The van der Waals surface area contributed by atoms with Crippen LogP contribution in [0.2, 0.25) is 5.02 Å². The first-order valence-corrected chi connectivity index (χ1v) is 7.18. The van der Waals surface area contributed by atoms with E-state index in [1.807, 2.05) is 24.3 Å². The van der Waals surface area contributed by atoms with E-state index >= 15 is 0 Å². The third-order valence-corrected chi connectivity index (χ3v) is 4.24. The zero-order chi connectivity index (χ0) is 14.3. The number of hydrogen-bond acceptors (Lipinski definition) is 5.